The molecule has 0 unspecified atom stereocenters. The molecule has 1 aliphatic rings. The van der Waals surface area contributed by atoms with E-state index in [9.17, 15) is 18.0 Å². The van der Waals surface area contributed by atoms with E-state index >= 15 is 0 Å². The number of rotatable bonds is 3. The predicted molar refractivity (Wildman–Crippen MR) is 113 cm³/mol. The van der Waals surface area contributed by atoms with Crippen molar-refractivity contribution in [3.63, 3.8) is 0 Å². The Morgan fingerprint density at radius 1 is 1.03 bits per heavy atom. The molecule has 3 heterocycles. The minimum Gasteiger partial charge on any atom is -0.484 e. The lowest BCUT2D eigenvalue weighted by molar-refractivity contribution is -0.0287. The van der Waals surface area contributed by atoms with Crippen LogP contribution < -0.4 is 15.1 Å². The van der Waals surface area contributed by atoms with E-state index in [0.29, 0.717) is 17.8 Å². The number of hydrogen-bond donors (Lipinski definition) is 0. The van der Waals surface area contributed by atoms with Crippen LogP contribution in [0.5, 0.6) is 11.6 Å². The SMILES string of the molecule is CC1(C)Oc2cc3oc(=O)ccc3cc2C[C@@H]1Oc1cc(-c2cc(F)c(F)c(F)c2)ncn1. The lowest BCUT2D eigenvalue weighted by Crippen LogP contribution is -2.49. The number of aromatic nitrogens is 2. The van der Waals surface area contributed by atoms with Crippen LogP contribution in [-0.2, 0) is 6.42 Å². The largest absolute Gasteiger partial charge is 0.484 e. The van der Waals surface area contributed by atoms with Crippen molar-refractivity contribution < 1.29 is 27.1 Å². The van der Waals surface area contributed by atoms with Crippen LogP contribution in [0.2, 0.25) is 0 Å². The van der Waals surface area contributed by atoms with Crippen LogP contribution in [0.1, 0.15) is 19.4 Å². The molecule has 33 heavy (non-hydrogen) atoms. The summed E-state index contributed by atoms with van der Waals surface area (Å²) in [6, 6.07) is 9.72. The number of nitrogens with zero attached hydrogens (tertiary/aromatic N) is 2. The van der Waals surface area contributed by atoms with E-state index in [-0.39, 0.29) is 17.1 Å². The minimum atomic E-state index is -1.55. The number of fused-ring (bicyclic) bond motifs is 2. The topological polar surface area (TPSA) is 74.5 Å². The second kappa shape index (κ2) is 7.61. The van der Waals surface area contributed by atoms with Crippen molar-refractivity contribution in [3.05, 3.63) is 82.2 Å². The van der Waals surface area contributed by atoms with Crippen LogP contribution in [0, 0.1) is 17.5 Å². The van der Waals surface area contributed by atoms with Gasteiger partial charge in [-0.05, 0) is 43.7 Å². The summed E-state index contributed by atoms with van der Waals surface area (Å²) >= 11 is 0. The molecule has 168 valence electrons. The smallest absolute Gasteiger partial charge is 0.336 e. The average Bonchev–Trinajstić information content (AvgIpc) is 2.76. The van der Waals surface area contributed by atoms with Gasteiger partial charge < -0.3 is 13.9 Å². The Kier molecular flexibility index (Phi) is 4.84. The first-order valence-corrected chi connectivity index (χ1v) is 10.1. The van der Waals surface area contributed by atoms with Crippen molar-refractivity contribution >= 4 is 11.0 Å². The fraction of sp³-hybridized carbons (Fsp3) is 0.208. The van der Waals surface area contributed by atoms with Gasteiger partial charge in [0.25, 0.3) is 0 Å². The van der Waals surface area contributed by atoms with E-state index in [0.717, 1.165) is 23.1 Å². The monoisotopic (exact) mass is 454 g/mol. The van der Waals surface area contributed by atoms with Crippen molar-refractivity contribution in [2.45, 2.75) is 32.0 Å². The van der Waals surface area contributed by atoms with Crippen molar-refractivity contribution in [1.82, 2.24) is 9.97 Å². The van der Waals surface area contributed by atoms with E-state index < -0.39 is 34.8 Å². The highest BCUT2D eigenvalue weighted by Crippen LogP contribution is 2.37. The number of ether oxygens (including phenoxy) is 2. The summed E-state index contributed by atoms with van der Waals surface area (Å²) in [6.07, 6.45) is 1.20. The average molecular weight is 454 g/mol. The molecule has 6 nitrogen and oxygen atoms in total. The Morgan fingerprint density at radius 2 is 1.79 bits per heavy atom. The molecular formula is C24H17F3N2O4. The third-order valence-corrected chi connectivity index (χ3v) is 5.54. The highest BCUT2D eigenvalue weighted by Gasteiger charge is 2.39. The molecule has 0 amide bonds. The summed E-state index contributed by atoms with van der Waals surface area (Å²) in [5, 5.41) is 0.750. The molecule has 9 heteroatoms. The van der Waals surface area contributed by atoms with Crippen molar-refractivity contribution in [2.24, 2.45) is 0 Å². The molecule has 4 aromatic rings. The minimum absolute atomic E-state index is 0.0520. The van der Waals surface area contributed by atoms with Gasteiger partial charge in [0.15, 0.2) is 17.5 Å². The molecule has 5 rings (SSSR count). The van der Waals surface area contributed by atoms with Crippen LogP contribution in [0.4, 0.5) is 13.2 Å². The van der Waals surface area contributed by atoms with Crippen molar-refractivity contribution in [2.75, 3.05) is 0 Å². The lowest BCUT2D eigenvalue weighted by atomic mass is 9.90. The molecule has 0 N–H and O–H groups in total. The molecular weight excluding hydrogens is 437 g/mol. The summed E-state index contributed by atoms with van der Waals surface area (Å²) in [5.74, 6) is -3.42. The zero-order valence-electron chi connectivity index (χ0n) is 17.6. The Balaban J connectivity index is 1.46. The van der Waals surface area contributed by atoms with Gasteiger partial charge in [-0.15, -0.1) is 0 Å². The van der Waals surface area contributed by atoms with Crippen molar-refractivity contribution in [3.8, 4) is 22.9 Å². The van der Waals surface area contributed by atoms with Crippen molar-refractivity contribution in [1.29, 1.82) is 0 Å². The van der Waals surface area contributed by atoms with E-state index in [1.165, 1.54) is 18.5 Å². The van der Waals surface area contributed by atoms with E-state index in [1.807, 2.05) is 19.9 Å². The first-order valence-electron chi connectivity index (χ1n) is 10.1. The second-order valence-corrected chi connectivity index (χ2v) is 8.26. The summed E-state index contributed by atoms with van der Waals surface area (Å²) in [4.78, 5) is 19.6. The molecule has 0 saturated carbocycles. The maximum Gasteiger partial charge on any atom is 0.336 e. The van der Waals surface area contributed by atoms with E-state index in [2.05, 4.69) is 9.97 Å². The number of halogens is 3. The third kappa shape index (κ3) is 3.90. The summed E-state index contributed by atoms with van der Waals surface area (Å²) < 4.78 is 58.1. The fourth-order valence-electron chi connectivity index (χ4n) is 3.79. The third-order valence-electron chi connectivity index (χ3n) is 5.54. The molecule has 0 saturated heterocycles. The number of benzene rings is 2. The Hall–Kier alpha value is -3.88. The van der Waals surface area contributed by atoms with Gasteiger partial charge in [-0.25, -0.2) is 27.9 Å². The first-order chi connectivity index (χ1) is 15.7. The quantitative estimate of drug-likeness (QED) is 0.326. The zero-order chi connectivity index (χ0) is 23.3. The molecule has 0 aliphatic carbocycles. The van der Waals surface area contributed by atoms with Gasteiger partial charge >= 0.3 is 5.63 Å². The van der Waals surface area contributed by atoms with E-state index in [4.69, 9.17) is 13.9 Å². The molecule has 2 aromatic heterocycles. The van der Waals surface area contributed by atoms with Crippen LogP contribution in [0.3, 0.4) is 0 Å². The van der Waals surface area contributed by atoms with Gasteiger partial charge in [0.05, 0.1) is 5.69 Å². The summed E-state index contributed by atoms with van der Waals surface area (Å²) in [6.45, 7) is 3.69. The van der Waals surface area contributed by atoms with Crippen LogP contribution in [0.25, 0.3) is 22.2 Å². The maximum absolute atomic E-state index is 13.6. The standard InChI is InChI=1S/C24H17F3N2O4/c1-24(2)20(8-14-5-12-3-4-22(30)31-18(12)10-19(14)33-24)32-21-9-17(28-11-29-21)13-6-15(25)23(27)16(26)7-13/h3-7,9-11,20H,8H2,1-2H3/t20-/m0/s1. The molecule has 1 atom stereocenters. The Morgan fingerprint density at radius 3 is 2.55 bits per heavy atom. The Labute approximate surface area is 185 Å². The number of hydrogen-bond acceptors (Lipinski definition) is 6. The summed E-state index contributed by atoms with van der Waals surface area (Å²) in [7, 11) is 0. The van der Waals surface area contributed by atoms with Gasteiger partial charge in [0.1, 0.15) is 29.4 Å². The van der Waals surface area contributed by atoms with Crippen LogP contribution in [0.15, 0.2) is 58.0 Å². The molecule has 1 aliphatic heterocycles. The maximum atomic E-state index is 13.6. The van der Waals surface area contributed by atoms with Gasteiger partial charge in [-0.2, -0.15) is 0 Å². The first kappa shape index (κ1) is 21.0. The predicted octanol–water partition coefficient (Wildman–Crippen LogP) is 4.83. The second-order valence-electron chi connectivity index (χ2n) is 8.26. The zero-order valence-corrected chi connectivity index (χ0v) is 17.6. The van der Waals surface area contributed by atoms with E-state index in [1.54, 1.807) is 12.1 Å². The molecule has 0 spiro atoms. The highest BCUT2D eigenvalue weighted by molar-refractivity contribution is 5.79. The van der Waals surface area contributed by atoms with Gasteiger partial charge in [0.2, 0.25) is 5.88 Å². The highest BCUT2D eigenvalue weighted by atomic mass is 19.2. The normalized spacial score (nSPS) is 16.8. The molecule has 0 fully saturated rings. The lowest BCUT2D eigenvalue weighted by Gasteiger charge is -2.39. The van der Waals surface area contributed by atoms with Crippen LogP contribution in [-0.4, -0.2) is 21.7 Å². The van der Waals surface area contributed by atoms with Gasteiger partial charge in [-0.1, -0.05) is 0 Å². The molecule has 0 bridgehead atoms. The molecule has 0 radical (unpaired) electrons. The molecule has 2 aromatic carbocycles. The van der Waals surface area contributed by atoms with Gasteiger partial charge in [0, 0.05) is 35.6 Å². The van der Waals surface area contributed by atoms with Crippen LogP contribution >= 0.6 is 0 Å². The Bertz CT molecular complexity index is 1430. The summed E-state index contributed by atoms with van der Waals surface area (Å²) in [5.41, 5.74) is 0.284. The fourth-order valence-corrected chi connectivity index (χ4v) is 3.79. The van der Waals surface area contributed by atoms with Gasteiger partial charge in [-0.3, -0.25) is 0 Å².